The highest BCUT2D eigenvalue weighted by molar-refractivity contribution is 7.98. The minimum absolute atomic E-state index is 0.0509. The van der Waals surface area contributed by atoms with Crippen molar-refractivity contribution in [1.82, 2.24) is 5.32 Å². The zero-order chi connectivity index (χ0) is 15.5. The molecule has 2 N–H and O–H groups in total. The zero-order valence-electron chi connectivity index (χ0n) is 12.7. The lowest BCUT2D eigenvalue weighted by Gasteiger charge is -2.08. The molecule has 21 heavy (non-hydrogen) atoms. The van der Waals surface area contributed by atoms with E-state index in [0.29, 0.717) is 12.1 Å². The van der Waals surface area contributed by atoms with Crippen molar-refractivity contribution in [2.75, 3.05) is 25.2 Å². The molecule has 0 fully saturated rings. The molecule has 0 saturated carbocycles. The van der Waals surface area contributed by atoms with Crippen molar-refractivity contribution >= 4 is 17.7 Å². The number of unbranched alkanes of at least 4 members (excludes halogenated alkanes) is 2. The van der Waals surface area contributed by atoms with E-state index >= 15 is 0 Å². The van der Waals surface area contributed by atoms with Gasteiger partial charge in [0.05, 0.1) is 0 Å². The monoisotopic (exact) mass is 305 g/mol. The first kappa shape index (κ1) is 17.6. The minimum Gasteiger partial charge on any atom is -0.384 e. The van der Waals surface area contributed by atoms with Crippen LogP contribution in [0, 0.1) is 18.8 Å². The predicted octanol–water partition coefficient (Wildman–Crippen LogP) is 2.60. The Morgan fingerprint density at radius 1 is 1.33 bits per heavy atom. The Morgan fingerprint density at radius 2 is 2.14 bits per heavy atom. The van der Waals surface area contributed by atoms with E-state index in [9.17, 15) is 4.79 Å². The second-order valence-electron chi connectivity index (χ2n) is 4.80. The number of aliphatic hydroxyl groups excluding tert-OH is 1. The number of carbonyl (C=O) groups is 1. The molecule has 0 saturated heterocycles. The van der Waals surface area contributed by atoms with Crippen LogP contribution in [0.3, 0.4) is 0 Å². The summed E-state index contributed by atoms with van der Waals surface area (Å²) in [6.45, 7) is 2.45. The fourth-order valence-electron chi connectivity index (χ4n) is 1.93. The third kappa shape index (κ3) is 6.70. The molecule has 3 nitrogen and oxygen atoms in total. The molecule has 0 spiro atoms. The second-order valence-corrected chi connectivity index (χ2v) is 5.78. The van der Waals surface area contributed by atoms with Crippen LogP contribution in [0.5, 0.6) is 0 Å². The van der Waals surface area contributed by atoms with E-state index < -0.39 is 0 Å². The lowest BCUT2D eigenvalue weighted by molar-refractivity contribution is 0.0952. The molecular weight excluding hydrogens is 282 g/mol. The molecule has 0 aliphatic heterocycles. The molecule has 0 atom stereocenters. The van der Waals surface area contributed by atoms with Crippen molar-refractivity contribution < 1.29 is 9.90 Å². The molecule has 1 aromatic rings. The van der Waals surface area contributed by atoms with Gasteiger partial charge in [0.2, 0.25) is 0 Å². The van der Waals surface area contributed by atoms with E-state index in [4.69, 9.17) is 5.11 Å². The molecule has 1 rings (SSSR count). The summed E-state index contributed by atoms with van der Waals surface area (Å²) in [5.74, 6) is 6.55. The van der Waals surface area contributed by atoms with Crippen LogP contribution < -0.4 is 5.32 Å². The number of carbonyl (C=O) groups excluding carboxylic acids is 1. The second kappa shape index (κ2) is 10.3. The molecule has 0 aliphatic rings. The van der Waals surface area contributed by atoms with Crippen molar-refractivity contribution in [3.8, 4) is 11.8 Å². The summed E-state index contributed by atoms with van der Waals surface area (Å²) in [6.07, 6.45) is 5.46. The van der Waals surface area contributed by atoms with Gasteiger partial charge < -0.3 is 10.4 Å². The minimum atomic E-state index is -0.175. The highest BCUT2D eigenvalue weighted by Crippen LogP contribution is 2.11. The van der Waals surface area contributed by atoms with Crippen LogP contribution in [-0.2, 0) is 0 Å². The number of rotatable bonds is 7. The summed E-state index contributed by atoms with van der Waals surface area (Å²) in [7, 11) is 0. The lowest BCUT2D eigenvalue weighted by Crippen LogP contribution is -2.25. The molecule has 0 aliphatic carbocycles. The number of nitrogens with one attached hydrogen (secondary N) is 1. The maximum absolute atomic E-state index is 12.2. The van der Waals surface area contributed by atoms with Crippen LogP contribution in [0.15, 0.2) is 18.2 Å². The Hall–Kier alpha value is -1.44. The average molecular weight is 305 g/mol. The Kier molecular flexibility index (Phi) is 8.65. The van der Waals surface area contributed by atoms with Gasteiger partial charge in [-0.1, -0.05) is 24.3 Å². The quantitative estimate of drug-likeness (QED) is 0.601. The molecule has 4 heteroatoms. The summed E-state index contributed by atoms with van der Waals surface area (Å²) in [5, 5.41) is 11.7. The predicted molar refractivity (Wildman–Crippen MR) is 89.7 cm³/mol. The van der Waals surface area contributed by atoms with Crippen LogP contribution in [0.4, 0.5) is 0 Å². The maximum Gasteiger partial charge on any atom is 0.251 e. The Labute approximate surface area is 131 Å². The van der Waals surface area contributed by atoms with Gasteiger partial charge in [-0.3, -0.25) is 4.79 Å². The van der Waals surface area contributed by atoms with Gasteiger partial charge in [-0.15, -0.1) is 0 Å². The Balaban J connectivity index is 2.53. The van der Waals surface area contributed by atoms with Gasteiger partial charge in [0.25, 0.3) is 5.91 Å². The van der Waals surface area contributed by atoms with E-state index in [0.717, 1.165) is 24.0 Å². The van der Waals surface area contributed by atoms with Gasteiger partial charge >= 0.3 is 0 Å². The van der Waals surface area contributed by atoms with Crippen molar-refractivity contribution in [3.05, 3.63) is 34.9 Å². The lowest BCUT2D eigenvalue weighted by atomic mass is 10.0. The average Bonchev–Trinajstić information content (AvgIpc) is 2.49. The molecule has 0 aromatic heterocycles. The third-order valence-corrected chi connectivity index (χ3v) is 3.80. The first-order valence-electron chi connectivity index (χ1n) is 7.16. The molecule has 114 valence electrons. The van der Waals surface area contributed by atoms with Crippen LogP contribution >= 0.6 is 11.8 Å². The molecule has 0 radical (unpaired) electrons. The van der Waals surface area contributed by atoms with Crippen LogP contribution in [0.2, 0.25) is 0 Å². The largest absolute Gasteiger partial charge is 0.384 e. The van der Waals surface area contributed by atoms with Gasteiger partial charge in [-0.25, -0.2) is 0 Å². The van der Waals surface area contributed by atoms with Crippen molar-refractivity contribution in [2.24, 2.45) is 0 Å². The summed E-state index contributed by atoms with van der Waals surface area (Å²) >= 11 is 1.85. The summed E-state index contributed by atoms with van der Waals surface area (Å²) < 4.78 is 0. The number of aryl methyl sites for hydroxylation is 1. The van der Waals surface area contributed by atoms with Gasteiger partial charge in [0.1, 0.15) is 6.61 Å². The van der Waals surface area contributed by atoms with Crippen LogP contribution in [0.25, 0.3) is 0 Å². The molecular formula is C17H23NO2S. The topological polar surface area (TPSA) is 49.3 Å². The Bertz CT molecular complexity index is 517. The van der Waals surface area contributed by atoms with E-state index in [1.165, 1.54) is 12.2 Å². The zero-order valence-corrected chi connectivity index (χ0v) is 13.6. The van der Waals surface area contributed by atoms with E-state index in [1.807, 2.05) is 30.8 Å². The third-order valence-electron chi connectivity index (χ3n) is 3.10. The van der Waals surface area contributed by atoms with Crippen molar-refractivity contribution in [3.63, 3.8) is 0 Å². The standard InChI is InChI=1S/C17H23NO2S/c1-14-8-9-15(7-6-11-19)13-16(14)17(20)18-10-4-3-5-12-21-2/h8-9,13,19H,3-5,10-12H2,1-2H3,(H,18,20). The number of hydrogen-bond donors (Lipinski definition) is 2. The number of hydrogen-bond acceptors (Lipinski definition) is 3. The summed E-state index contributed by atoms with van der Waals surface area (Å²) in [5.41, 5.74) is 2.34. The van der Waals surface area contributed by atoms with Gasteiger partial charge in [-0.2, -0.15) is 11.8 Å². The highest BCUT2D eigenvalue weighted by atomic mass is 32.2. The SMILES string of the molecule is CSCCCCCNC(=O)c1cc(C#CCO)ccc1C. The summed E-state index contributed by atoms with van der Waals surface area (Å²) in [6, 6.07) is 5.52. The number of aliphatic hydroxyl groups is 1. The molecule has 0 heterocycles. The molecule has 0 unspecified atom stereocenters. The van der Waals surface area contributed by atoms with Crippen LogP contribution in [-0.4, -0.2) is 36.2 Å². The van der Waals surface area contributed by atoms with Gasteiger partial charge in [-0.05, 0) is 49.5 Å². The number of amides is 1. The molecule has 1 amide bonds. The van der Waals surface area contributed by atoms with Crippen molar-refractivity contribution in [1.29, 1.82) is 0 Å². The van der Waals surface area contributed by atoms with E-state index in [2.05, 4.69) is 23.4 Å². The first-order chi connectivity index (χ1) is 10.2. The van der Waals surface area contributed by atoms with E-state index in [1.54, 1.807) is 6.07 Å². The highest BCUT2D eigenvalue weighted by Gasteiger charge is 2.08. The number of benzene rings is 1. The molecule has 1 aromatic carbocycles. The fourth-order valence-corrected chi connectivity index (χ4v) is 2.42. The summed E-state index contributed by atoms with van der Waals surface area (Å²) in [4.78, 5) is 12.2. The maximum atomic E-state index is 12.2. The van der Waals surface area contributed by atoms with Gasteiger partial charge in [0.15, 0.2) is 0 Å². The fraction of sp³-hybridized carbons (Fsp3) is 0.471. The first-order valence-corrected chi connectivity index (χ1v) is 8.56. The van der Waals surface area contributed by atoms with Gasteiger partial charge in [0, 0.05) is 17.7 Å². The smallest absolute Gasteiger partial charge is 0.251 e. The van der Waals surface area contributed by atoms with E-state index in [-0.39, 0.29) is 12.5 Å². The molecule has 0 bridgehead atoms. The normalized spacial score (nSPS) is 9.86. The number of thioether (sulfide) groups is 1. The van der Waals surface area contributed by atoms with Crippen LogP contribution in [0.1, 0.15) is 40.7 Å². The van der Waals surface area contributed by atoms with Crippen molar-refractivity contribution in [2.45, 2.75) is 26.2 Å². The Morgan fingerprint density at radius 3 is 2.86 bits per heavy atom.